The Hall–Kier alpha value is -0.530. The van der Waals surface area contributed by atoms with Gasteiger partial charge in [-0.15, -0.1) is 0 Å². The van der Waals surface area contributed by atoms with Crippen LogP contribution in [0.2, 0.25) is 5.02 Å². The number of aliphatic hydroxyl groups is 1. The van der Waals surface area contributed by atoms with Crippen molar-refractivity contribution in [3.8, 4) is 0 Å². The van der Waals surface area contributed by atoms with Gasteiger partial charge in [-0.3, -0.25) is 0 Å². The summed E-state index contributed by atoms with van der Waals surface area (Å²) in [6, 6.07) is 5.71. The molecule has 0 aromatic heterocycles. The van der Waals surface area contributed by atoms with Gasteiger partial charge in [0.2, 0.25) is 0 Å². The lowest BCUT2D eigenvalue weighted by Gasteiger charge is -2.16. The molecule has 0 heterocycles. The van der Waals surface area contributed by atoms with Crippen LogP contribution in [0.3, 0.4) is 0 Å². The van der Waals surface area contributed by atoms with Gasteiger partial charge in [-0.05, 0) is 24.5 Å². The van der Waals surface area contributed by atoms with Crippen molar-refractivity contribution in [1.82, 2.24) is 0 Å². The molecule has 1 unspecified atom stereocenters. The second kappa shape index (κ2) is 4.12. The Morgan fingerprint density at radius 3 is 2.46 bits per heavy atom. The first kappa shape index (κ1) is 10.6. The highest BCUT2D eigenvalue weighted by molar-refractivity contribution is 6.31. The third kappa shape index (κ3) is 2.45. The van der Waals surface area contributed by atoms with E-state index in [9.17, 15) is 5.11 Å². The summed E-state index contributed by atoms with van der Waals surface area (Å²) in [5.41, 5.74) is 1.95. The van der Waals surface area contributed by atoms with Gasteiger partial charge in [0.25, 0.3) is 0 Å². The zero-order valence-electron chi connectivity index (χ0n) is 8.21. The van der Waals surface area contributed by atoms with Crippen molar-refractivity contribution < 1.29 is 5.11 Å². The second-order valence-corrected chi connectivity index (χ2v) is 4.12. The maximum absolute atomic E-state index is 9.82. The van der Waals surface area contributed by atoms with E-state index in [0.29, 0.717) is 5.02 Å². The van der Waals surface area contributed by atoms with Gasteiger partial charge in [0.05, 0.1) is 6.10 Å². The van der Waals surface area contributed by atoms with Crippen LogP contribution in [0.5, 0.6) is 0 Å². The molecule has 13 heavy (non-hydrogen) atoms. The van der Waals surface area contributed by atoms with Crippen molar-refractivity contribution in [3.63, 3.8) is 0 Å². The first-order valence-corrected chi connectivity index (χ1v) is 4.84. The molecule has 0 aliphatic rings. The van der Waals surface area contributed by atoms with Crippen LogP contribution < -0.4 is 0 Å². The Kier molecular flexibility index (Phi) is 3.34. The van der Waals surface area contributed by atoms with E-state index in [2.05, 4.69) is 0 Å². The minimum absolute atomic E-state index is 0.194. The first-order chi connectivity index (χ1) is 6.02. The van der Waals surface area contributed by atoms with Crippen LogP contribution in [0.25, 0.3) is 0 Å². The Morgan fingerprint density at radius 1 is 1.31 bits per heavy atom. The Balaban J connectivity index is 3.05. The lowest BCUT2D eigenvalue weighted by Crippen LogP contribution is -2.06. The number of benzene rings is 1. The Labute approximate surface area is 84.4 Å². The highest BCUT2D eigenvalue weighted by atomic mass is 35.5. The minimum Gasteiger partial charge on any atom is -0.388 e. The van der Waals surface area contributed by atoms with E-state index in [4.69, 9.17) is 11.6 Å². The first-order valence-electron chi connectivity index (χ1n) is 4.46. The Bertz CT molecular complexity index is 294. The van der Waals surface area contributed by atoms with Crippen LogP contribution in [0.15, 0.2) is 18.2 Å². The Morgan fingerprint density at radius 2 is 1.92 bits per heavy atom. The monoisotopic (exact) mass is 198 g/mol. The molecule has 0 bridgehead atoms. The van der Waals surface area contributed by atoms with Crippen LogP contribution in [-0.2, 0) is 0 Å². The molecule has 0 radical (unpaired) electrons. The summed E-state index contributed by atoms with van der Waals surface area (Å²) in [7, 11) is 0. The average molecular weight is 199 g/mol. The fourth-order valence-corrected chi connectivity index (χ4v) is 1.48. The summed E-state index contributed by atoms with van der Waals surface area (Å²) in [5, 5.41) is 10.5. The van der Waals surface area contributed by atoms with E-state index < -0.39 is 6.10 Å². The number of halogens is 1. The molecule has 72 valence electrons. The van der Waals surface area contributed by atoms with Gasteiger partial charge in [-0.1, -0.05) is 43.1 Å². The molecule has 0 fully saturated rings. The molecule has 1 aromatic carbocycles. The van der Waals surface area contributed by atoms with Gasteiger partial charge in [0.1, 0.15) is 0 Å². The standard InChI is InChI=1S/C11H15ClO/c1-7(2)11(13)9-6-8(3)4-5-10(9)12/h4-7,11,13H,1-3H3. The molecular formula is C11H15ClO. The van der Waals surface area contributed by atoms with E-state index in [1.165, 1.54) is 0 Å². The zero-order chi connectivity index (χ0) is 10.0. The summed E-state index contributed by atoms with van der Waals surface area (Å²) in [6.45, 7) is 5.94. The SMILES string of the molecule is Cc1ccc(Cl)c(C(O)C(C)C)c1. The van der Waals surface area contributed by atoms with Gasteiger partial charge >= 0.3 is 0 Å². The molecule has 0 spiro atoms. The maximum Gasteiger partial charge on any atom is 0.0827 e. The summed E-state index contributed by atoms with van der Waals surface area (Å²) in [6.07, 6.45) is -0.465. The average Bonchev–Trinajstić information content (AvgIpc) is 2.08. The van der Waals surface area contributed by atoms with Gasteiger partial charge in [0, 0.05) is 5.02 Å². The lowest BCUT2D eigenvalue weighted by molar-refractivity contribution is 0.127. The maximum atomic E-state index is 9.82. The van der Waals surface area contributed by atoms with Crippen LogP contribution in [0.4, 0.5) is 0 Å². The number of aryl methyl sites for hydroxylation is 1. The number of aliphatic hydroxyl groups excluding tert-OH is 1. The van der Waals surface area contributed by atoms with E-state index >= 15 is 0 Å². The van der Waals surface area contributed by atoms with Crippen molar-refractivity contribution >= 4 is 11.6 Å². The van der Waals surface area contributed by atoms with Crippen LogP contribution >= 0.6 is 11.6 Å². The number of rotatable bonds is 2. The van der Waals surface area contributed by atoms with E-state index in [1.54, 1.807) is 0 Å². The van der Waals surface area contributed by atoms with Gasteiger partial charge < -0.3 is 5.11 Å². The van der Waals surface area contributed by atoms with Crippen LogP contribution in [0.1, 0.15) is 31.1 Å². The third-order valence-electron chi connectivity index (χ3n) is 2.10. The summed E-state index contributed by atoms with van der Waals surface area (Å²) in [5.74, 6) is 0.194. The molecule has 1 rings (SSSR count). The molecule has 1 N–H and O–H groups in total. The summed E-state index contributed by atoms with van der Waals surface area (Å²) in [4.78, 5) is 0. The second-order valence-electron chi connectivity index (χ2n) is 3.71. The smallest absolute Gasteiger partial charge is 0.0827 e. The topological polar surface area (TPSA) is 20.2 Å². The van der Waals surface area contributed by atoms with E-state index in [-0.39, 0.29) is 5.92 Å². The lowest BCUT2D eigenvalue weighted by atomic mass is 9.98. The normalized spacial score (nSPS) is 13.4. The molecule has 0 saturated carbocycles. The van der Waals surface area contributed by atoms with Gasteiger partial charge in [-0.25, -0.2) is 0 Å². The van der Waals surface area contributed by atoms with Crippen LogP contribution in [0, 0.1) is 12.8 Å². The van der Waals surface area contributed by atoms with Crippen LogP contribution in [-0.4, -0.2) is 5.11 Å². The van der Waals surface area contributed by atoms with Gasteiger partial charge in [-0.2, -0.15) is 0 Å². The number of hydrogen-bond donors (Lipinski definition) is 1. The predicted octanol–water partition coefficient (Wildman–Crippen LogP) is 3.34. The summed E-state index contributed by atoms with van der Waals surface area (Å²) < 4.78 is 0. The molecule has 0 amide bonds. The van der Waals surface area contributed by atoms with Crippen molar-refractivity contribution in [3.05, 3.63) is 34.3 Å². The van der Waals surface area contributed by atoms with Crippen molar-refractivity contribution in [2.24, 2.45) is 5.92 Å². The quantitative estimate of drug-likeness (QED) is 0.773. The van der Waals surface area contributed by atoms with Crippen molar-refractivity contribution in [2.75, 3.05) is 0 Å². The van der Waals surface area contributed by atoms with Crippen molar-refractivity contribution in [2.45, 2.75) is 26.9 Å². The molecule has 1 aromatic rings. The molecular weight excluding hydrogens is 184 g/mol. The third-order valence-corrected chi connectivity index (χ3v) is 2.45. The highest BCUT2D eigenvalue weighted by Gasteiger charge is 2.14. The molecule has 0 aliphatic heterocycles. The van der Waals surface area contributed by atoms with Gasteiger partial charge in [0.15, 0.2) is 0 Å². The number of hydrogen-bond acceptors (Lipinski definition) is 1. The fraction of sp³-hybridized carbons (Fsp3) is 0.455. The fourth-order valence-electron chi connectivity index (χ4n) is 1.25. The minimum atomic E-state index is -0.465. The largest absolute Gasteiger partial charge is 0.388 e. The highest BCUT2D eigenvalue weighted by Crippen LogP contribution is 2.28. The molecule has 1 atom stereocenters. The molecule has 2 heteroatoms. The zero-order valence-corrected chi connectivity index (χ0v) is 8.97. The summed E-state index contributed by atoms with van der Waals surface area (Å²) >= 11 is 5.98. The van der Waals surface area contributed by atoms with E-state index in [0.717, 1.165) is 11.1 Å². The van der Waals surface area contributed by atoms with E-state index in [1.807, 2.05) is 39.0 Å². The van der Waals surface area contributed by atoms with Crippen molar-refractivity contribution in [1.29, 1.82) is 0 Å². The molecule has 0 saturated heterocycles. The molecule has 0 aliphatic carbocycles. The predicted molar refractivity (Wildman–Crippen MR) is 56.0 cm³/mol. The molecule has 1 nitrogen and oxygen atoms in total.